The van der Waals surface area contributed by atoms with Crippen LogP contribution in [0.15, 0.2) is 40.9 Å². The number of benzene rings is 2. The first kappa shape index (κ1) is 17.0. The van der Waals surface area contributed by atoms with Crippen molar-refractivity contribution in [2.45, 2.75) is 32.7 Å². The number of hydrogen-bond donors (Lipinski definition) is 0. The molecule has 0 atom stereocenters. The molecule has 3 rings (SSSR count). The third kappa shape index (κ3) is 3.34. The Labute approximate surface area is 151 Å². The van der Waals surface area contributed by atoms with Gasteiger partial charge in [0.15, 0.2) is 5.78 Å². The van der Waals surface area contributed by atoms with Crippen LogP contribution in [0.25, 0.3) is 0 Å². The summed E-state index contributed by atoms with van der Waals surface area (Å²) in [6, 6.07) is 12.2. The van der Waals surface area contributed by atoms with Crippen molar-refractivity contribution in [1.29, 1.82) is 0 Å². The van der Waals surface area contributed by atoms with Gasteiger partial charge in [0.2, 0.25) is 0 Å². The minimum absolute atomic E-state index is 0.235. The van der Waals surface area contributed by atoms with E-state index >= 15 is 0 Å². The van der Waals surface area contributed by atoms with E-state index in [2.05, 4.69) is 52.9 Å². The van der Waals surface area contributed by atoms with E-state index < -0.39 is 0 Å². The van der Waals surface area contributed by atoms with Crippen molar-refractivity contribution in [3.63, 3.8) is 0 Å². The maximum absolute atomic E-state index is 12.4. The van der Waals surface area contributed by atoms with Gasteiger partial charge in [-0.3, -0.25) is 4.79 Å². The SMILES string of the molecule is COc1ccc(CN2CCC(=O)c3cc(Br)cc(C(C)C)c32)cc1. The maximum atomic E-state index is 12.4. The van der Waals surface area contributed by atoms with Crippen molar-refractivity contribution < 1.29 is 9.53 Å². The number of anilines is 1. The Bertz CT molecular complexity index is 753. The number of halogens is 1. The maximum Gasteiger partial charge on any atom is 0.166 e. The van der Waals surface area contributed by atoms with Gasteiger partial charge in [-0.1, -0.05) is 41.9 Å². The lowest BCUT2D eigenvalue weighted by molar-refractivity contribution is 0.0979. The van der Waals surface area contributed by atoms with Gasteiger partial charge in [-0.25, -0.2) is 0 Å². The zero-order chi connectivity index (χ0) is 17.3. The molecule has 2 aromatic carbocycles. The Balaban J connectivity index is 1.99. The molecule has 0 amide bonds. The Morgan fingerprint density at radius 2 is 1.92 bits per heavy atom. The summed E-state index contributed by atoms with van der Waals surface area (Å²) in [6.45, 7) is 5.91. The number of ether oxygens (including phenoxy) is 1. The topological polar surface area (TPSA) is 29.5 Å². The molecular formula is C20H22BrNO2. The molecule has 0 aliphatic carbocycles. The number of hydrogen-bond acceptors (Lipinski definition) is 3. The van der Waals surface area contributed by atoms with E-state index in [-0.39, 0.29) is 5.78 Å². The molecule has 1 aliphatic heterocycles. The van der Waals surface area contributed by atoms with Gasteiger partial charge in [0.1, 0.15) is 5.75 Å². The smallest absolute Gasteiger partial charge is 0.166 e. The van der Waals surface area contributed by atoms with Gasteiger partial charge >= 0.3 is 0 Å². The van der Waals surface area contributed by atoms with Crippen LogP contribution < -0.4 is 9.64 Å². The molecule has 126 valence electrons. The molecule has 1 heterocycles. The van der Waals surface area contributed by atoms with Crippen molar-refractivity contribution in [1.82, 2.24) is 0 Å². The van der Waals surface area contributed by atoms with Gasteiger partial charge in [-0.2, -0.15) is 0 Å². The largest absolute Gasteiger partial charge is 0.497 e. The van der Waals surface area contributed by atoms with Crippen LogP contribution in [0.4, 0.5) is 5.69 Å². The number of rotatable bonds is 4. The summed E-state index contributed by atoms with van der Waals surface area (Å²) in [4.78, 5) is 14.8. The van der Waals surface area contributed by atoms with E-state index in [4.69, 9.17) is 4.74 Å². The Morgan fingerprint density at radius 3 is 2.54 bits per heavy atom. The van der Waals surface area contributed by atoms with E-state index in [9.17, 15) is 4.79 Å². The minimum Gasteiger partial charge on any atom is -0.497 e. The van der Waals surface area contributed by atoms with Gasteiger partial charge < -0.3 is 9.64 Å². The van der Waals surface area contributed by atoms with Crippen molar-refractivity contribution >= 4 is 27.4 Å². The minimum atomic E-state index is 0.235. The first-order valence-electron chi connectivity index (χ1n) is 8.24. The molecule has 4 heteroatoms. The molecule has 24 heavy (non-hydrogen) atoms. The lowest BCUT2D eigenvalue weighted by Crippen LogP contribution is -2.33. The number of fused-ring (bicyclic) bond motifs is 1. The van der Waals surface area contributed by atoms with Crippen LogP contribution in [0, 0.1) is 0 Å². The number of Topliss-reactive ketones (excluding diaryl/α,β-unsaturated/α-hetero) is 1. The van der Waals surface area contributed by atoms with Gasteiger partial charge in [0, 0.05) is 29.5 Å². The molecule has 0 radical (unpaired) electrons. The van der Waals surface area contributed by atoms with E-state index in [1.165, 1.54) is 11.1 Å². The van der Waals surface area contributed by atoms with Gasteiger partial charge in [-0.15, -0.1) is 0 Å². The van der Waals surface area contributed by atoms with Crippen LogP contribution in [-0.2, 0) is 6.54 Å². The number of carbonyl (C=O) groups is 1. The predicted molar refractivity (Wildman–Crippen MR) is 101 cm³/mol. The second-order valence-corrected chi connectivity index (χ2v) is 7.40. The normalized spacial score (nSPS) is 14.0. The van der Waals surface area contributed by atoms with Crippen LogP contribution in [0.1, 0.15) is 47.7 Å². The highest BCUT2D eigenvalue weighted by atomic mass is 79.9. The molecule has 0 unspecified atom stereocenters. The van der Waals surface area contributed by atoms with Crippen molar-refractivity contribution in [3.8, 4) is 5.75 Å². The Kier molecular flexibility index (Phi) is 4.95. The van der Waals surface area contributed by atoms with E-state index in [1.54, 1.807) is 7.11 Å². The average molecular weight is 388 g/mol. The first-order valence-corrected chi connectivity index (χ1v) is 9.03. The molecule has 0 N–H and O–H groups in total. The summed E-state index contributed by atoms with van der Waals surface area (Å²) in [5.74, 6) is 1.46. The second-order valence-electron chi connectivity index (χ2n) is 6.49. The summed E-state index contributed by atoms with van der Waals surface area (Å²) in [7, 11) is 1.67. The molecule has 0 saturated carbocycles. The Hall–Kier alpha value is -1.81. The standard InChI is InChI=1S/C20H22BrNO2/c1-13(2)17-10-15(21)11-18-19(23)8-9-22(20(17)18)12-14-4-6-16(24-3)7-5-14/h4-7,10-11,13H,8-9,12H2,1-3H3. The molecule has 0 spiro atoms. The van der Waals surface area contributed by atoms with Crippen molar-refractivity contribution in [2.24, 2.45) is 0 Å². The van der Waals surface area contributed by atoms with Crippen molar-refractivity contribution in [2.75, 3.05) is 18.6 Å². The summed E-state index contributed by atoms with van der Waals surface area (Å²) in [6.07, 6.45) is 0.567. The molecule has 0 aromatic heterocycles. The fourth-order valence-electron chi connectivity index (χ4n) is 3.22. The molecule has 0 bridgehead atoms. The number of ketones is 1. The van der Waals surface area contributed by atoms with E-state index in [0.29, 0.717) is 12.3 Å². The van der Waals surface area contributed by atoms with Crippen molar-refractivity contribution in [3.05, 3.63) is 57.6 Å². The quantitative estimate of drug-likeness (QED) is 0.724. The van der Waals surface area contributed by atoms with Gasteiger partial charge in [-0.05, 0) is 41.3 Å². The molecule has 2 aromatic rings. The summed E-state index contributed by atoms with van der Waals surface area (Å²) >= 11 is 3.56. The monoisotopic (exact) mass is 387 g/mol. The first-order chi connectivity index (χ1) is 11.5. The molecule has 0 saturated heterocycles. The second kappa shape index (κ2) is 6.98. The lowest BCUT2D eigenvalue weighted by Gasteiger charge is -2.34. The molecule has 3 nitrogen and oxygen atoms in total. The number of nitrogens with zero attached hydrogens (tertiary/aromatic N) is 1. The molecular weight excluding hydrogens is 366 g/mol. The highest BCUT2D eigenvalue weighted by Crippen LogP contribution is 2.38. The summed E-state index contributed by atoms with van der Waals surface area (Å²) < 4.78 is 6.21. The molecule has 1 aliphatic rings. The van der Waals surface area contributed by atoms with E-state index in [1.807, 2.05) is 18.2 Å². The predicted octanol–water partition coefficient (Wildman–Crippen LogP) is 5.17. The van der Waals surface area contributed by atoms with Gasteiger partial charge in [0.05, 0.1) is 12.8 Å². The zero-order valence-corrected chi connectivity index (χ0v) is 15.9. The number of carbonyl (C=O) groups excluding carboxylic acids is 1. The summed E-state index contributed by atoms with van der Waals surface area (Å²) in [5, 5.41) is 0. The average Bonchev–Trinajstić information content (AvgIpc) is 2.57. The van der Waals surface area contributed by atoms with Crippen LogP contribution in [-0.4, -0.2) is 19.4 Å². The third-order valence-corrected chi connectivity index (χ3v) is 4.94. The fourth-order valence-corrected chi connectivity index (χ4v) is 3.69. The van der Waals surface area contributed by atoms with Crippen LogP contribution >= 0.6 is 15.9 Å². The van der Waals surface area contributed by atoms with Crippen LogP contribution in [0.3, 0.4) is 0 Å². The highest BCUT2D eigenvalue weighted by molar-refractivity contribution is 9.10. The lowest BCUT2D eigenvalue weighted by atomic mass is 9.91. The zero-order valence-electron chi connectivity index (χ0n) is 14.3. The van der Waals surface area contributed by atoms with Gasteiger partial charge in [0.25, 0.3) is 0 Å². The Morgan fingerprint density at radius 1 is 1.21 bits per heavy atom. The third-order valence-electron chi connectivity index (χ3n) is 4.48. The van der Waals surface area contributed by atoms with E-state index in [0.717, 1.165) is 34.6 Å². The number of methoxy groups -OCH3 is 1. The molecule has 0 fully saturated rings. The summed E-state index contributed by atoms with van der Waals surface area (Å²) in [5.41, 5.74) is 4.38. The highest BCUT2D eigenvalue weighted by Gasteiger charge is 2.27. The van der Waals surface area contributed by atoms with Crippen LogP contribution in [0.5, 0.6) is 5.75 Å². The van der Waals surface area contributed by atoms with Crippen LogP contribution in [0.2, 0.25) is 0 Å². The fraction of sp³-hybridized carbons (Fsp3) is 0.350.